The maximum atomic E-state index is 11.2. The van der Waals surface area contributed by atoms with Crippen LogP contribution >= 0.6 is 15.9 Å². The van der Waals surface area contributed by atoms with E-state index in [1.165, 1.54) is 25.7 Å². The minimum atomic E-state index is 0.250. The first-order valence-electron chi connectivity index (χ1n) is 4.94. The smallest absolute Gasteiger partial charge is 0.222 e. The minimum absolute atomic E-state index is 0.250. The predicted octanol–water partition coefficient (Wildman–Crippen LogP) is 2.81. The van der Waals surface area contributed by atoms with Gasteiger partial charge in [-0.05, 0) is 12.8 Å². The van der Waals surface area contributed by atoms with E-state index in [9.17, 15) is 4.79 Å². The van der Waals surface area contributed by atoms with Crippen LogP contribution in [0.15, 0.2) is 0 Å². The molecule has 0 spiro atoms. The molecule has 0 aliphatic carbocycles. The second-order valence-electron chi connectivity index (χ2n) is 3.49. The number of nitrogens with zero attached hydrogens (tertiary/aromatic N) is 1. The molecule has 0 aromatic heterocycles. The monoisotopic (exact) mass is 249 g/mol. The van der Waals surface area contributed by atoms with Gasteiger partial charge in [0, 0.05) is 25.8 Å². The van der Waals surface area contributed by atoms with E-state index in [1.807, 2.05) is 14.1 Å². The normalized spacial score (nSPS) is 10.1. The van der Waals surface area contributed by atoms with Crippen LogP contribution in [0.2, 0.25) is 0 Å². The summed E-state index contributed by atoms with van der Waals surface area (Å²) in [4.78, 5) is 12.8. The molecule has 0 aliphatic heterocycles. The van der Waals surface area contributed by atoms with Crippen molar-refractivity contribution in [3.63, 3.8) is 0 Å². The Morgan fingerprint density at radius 1 is 1.08 bits per heavy atom. The molecule has 0 heterocycles. The zero-order chi connectivity index (χ0) is 10.1. The number of amides is 1. The van der Waals surface area contributed by atoms with Crippen molar-refractivity contribution >= 4 is 21.8 Å². The van der Waals surface area contributed by atoms with E-state index >= 15 is 0 Å². The van der Waals surface area contributed by atoms with Crippen molar-refractivity contribution in [2.75, 3.05) is 19.4 Å². The number of rotatable bonds is 7. The SMILES string of the molecule is CN(C)C(=O)CCCCCCCBr. The van der Waals surface area contributed by atoms with Crippen molar-refractivity contribution < 1.29 is 4.79 Å². The molecule has 0 rings (SSSR count). The van der Waals surface area contributed by atoms with Crippen molar-refractivity contribution in [3.8, 4) is 0 Å². The van der Waals surface area contributed by atoms with Crippen LogP contribution in [0.5, 0.6) is 0 Å². The van der Waals surface area contributed by atoms with Crippen LogP contribution in [-0.2, 0) is 4.79 Å². The Balaban J connectivity index is 3.12. The molecule has 0 saturated carbocycles. The van der Waals surface area contributed by atoms with E-state index in [0.29, 0.717) is 6.42 Å². The van der Waals surface area contributed by atoms with E-state index in [1.54, 1.807) is 4.90 Å². The summed E-state index contributed by atoms with van der Waals surface area (Å²) in [5.74, 6) is 0.250. The van der Waals surface area contributed by atoms with E-state index in [2.05, 4.69) is 15.9 Å². The first kappa shape index (κ1) is 12.9. The van der Waals surface area contributed by atoms with Crippen LogP contribution in [0.4, 0.5) is 0 Å². The summed E-state index contributed by atoms with van der Waals surface area (Å²) in [5.41, 5.74) is 0. The first-order valence-corrected chi connectivity index (χ1v) is 6.06. The van der Waals surface area contributed by atoms with Gasteiger partial charge in [-0.15, -0.1) is 0 Å². The van der Waals surface area contributed by atoms with Crippen LogP contribution in [-0.4, -0.2) is 30.2 Å². The molecule has 3 heteroatoms. The second-order valence-corrected chi connectivity index (χ2v) is 4.29. The van der Waals surface area contributed by atoms with Crippen LogP contribution in [0.3, 0.4) is 0 Å². The van der Waals surface area contributed by atoms with Gasteiger partial charge in [0.15, 0.2) is 0 Å². The van der Waals surface area contributed by atoms with Gasteiger partial charge in [0.1, 0.15) is 0 Å². The maximum Gasteiger partial charge on any atom is 0.222 e. The Morgan fingerprint density at radius 2 is 1.62 bits per heavy atom. The number of alkyl halides is 1. The summed E-state index contributed by atoms with van der Waals surface area (Å²) < 4.78 is 0. The van der Waals surface area contributed by atoms with Gasteiger partial charge >= 0.3 is 0 Å². The third-order valence-electron chi connectivity index (χ3n) is 2.02. The number of halogens is 1. The molecular weight excluding hydrogens is 230 g/mol. The maximum absolute atomic E-state index is 11.2. The van der Waals surface area contributed by atoms with Crippen LogP contribution < -0.4 is 0 Å². The third-order valence-corrected chi connectivity index (χ3v) is 2.58. The molecule has 0 radical (unpaired) electrons. The van der Waals surface area contributed by atoms with Gasteiger partial charge in [0.2, 0.25) is 5.91 Å². The topological polar surface area (TPSA) is 20.3 Å². The van der Waals surface area contributed by atoms with E-state index < -0.39 is 0 Å². The minimum Gasteiger partial charge on any atom is -0.349 e. The summed E-state index contributed by atoms with van der Waals surface area (Å²) in [6.45, 7) is 0. The molecule has 0 fully saturated rings. The Morgan fingerprint density at radius 3 is 2.15 bits per heavy atom. The van der Waals surface area contributed by atoms with Crippen LogP contribution in [0.25, 0.3) is 0 Å². The lowest BCUT2D eigenvalue weighted by Crippen LogP contribution is -2.20. The Hall–Kier alpha value is -0.0500. The molecule has 0 aromatic carbocycles. The predicted molar refractivity (Wildman–Crippen MR) is 60.2 cm³/mol. The molecule has 78 valence electrons. The van der Waals surface area contributed by atoms with Gasteiger partial charge in [-0.2, -0.15) is 0 Å². The van der Waals surface area contributed by atoms with Crippen molar-refractivity contribution in [2.24, 2.45) is 0 Å². The Kier molecular flexibility index (Phi) is 8.51. The lowest BCUT2D eigenvalue weighted by atomic mass is 10.1. The summed E-state index contributed by atoms with van der Waals surface area (Å²) in [6.07, 6.45) is 6.72. The largest absolute Gasteiger partial charge is 0.349 e. The van der Waals surface area contributed by atoms with Gasteiger partial charge in [0.25, 0.3) is 0 Å². The molecule has 1 amide bonds. The van der Waals surface area contributed by atoms with Gasteiger partial charge < -0.3 is 4.90 Å². The molecule has 0 saturated heterocycles. The Bertz CT molecular complexity index is 137. The van der Waals surface area contributed by atoms with Gasteiger partial charge in [0.05, 0.1) is 0 Å². The number of carbonyl (C=O) groups is 1. The second kappa shape index (κ2) is 8.54. The number of hydrogen-bond donors (Lipinski definition) is 0. The molecule has 13 heavy (non-hydrogen) atoms. The summed E-state index contributed by atoms with van der Waals surface area (Å²) in [6, 6.07) is 0. The molecule has 0 N–H and O–H groups in total. The molecular formula is C10H20BrNO. The van der Waals surface area contributed by atoms with E-state index in [-0.39, 0.29) is 5.91 Å². The Labute approximate surface area is 89.8 Å². The van der Waals surface area contributed by atoms with Crippen molar-refractivity contribution in [1.29, 1.82) is 0 Å². The molecule has 0 unspecified atom stereocenters. The fourth-order valence-electron chi connectivity index (χ4n) is 1.12. The molecule has 0 atom stereocenters. The summed E-state index contributed by atoms with van der Waals surface area (Å²) in [7, 11) is 3.63. The quantitative estimate of drug-likeness (QED) is 0.502. The van der Waals surface area contributed by atoms with Gasteiger partial charge in [-0.1, -0.05) is 35.2 Å². The zero-order valence-electron chi connectivity index (χ0n) is 8.68. The van der Waals surface area contributed by atoms with Gasteiger partial charge in [-0.25, -0.2) is 0 Å². The standard InChI is InChI=1S/C10H20BrNO/c1-12(2)10(13)8-6-4-3-5-7-9-11/h3-9H2,1-2H3. The highest BCUT2D eigenvalue weighted by molar-refractivity contribution is 9.09. The highest BCUT2D eigenvalue weighted by Crippen LogP contribution is 2.07. The highest BCUT2D eigenvalue weighted by atomic mass is 79.9. The molecule has 0 bridgehead atoms. The lowest BCUT2D eigenvalue weighted by Gasteiger charge is -2.09. The highest BCUT2D eigenvalue weighted by Gasteiger charge is 2.01. The lowest BCUT2D eigenvalue weighted by molar-refractivity contribution is -0.128. The molecule has 2 nitrogen and oxygen atoms in total. The fourth-order valence-corrected chi connectivity index (χ4v) is 1.52. The molecule has 0 aliphatic rings. The number of unbranched alkanes of at least 4 members (excludes halogenated alkanes) is 4. The zero-order valence-corrected chi connectivity index (χ0v) is 10.3. The average molecular weight is 250 g/mol. The van der Waals surface area contributed by atoms with E-state index in [4.69, 9.17) is 0 Å². The molecule has 0 aromatic rings. The number of hydrogen-bond acceptors (Lipinski definition) is 1. The number of carbonyl (C=O) groups excluding carboxylic acids is 1. The van der Waals surface area contributed by atoms with Crippen molar-refractivity contribution in [2.45, 2.75) is 38.5 Å². The van der Waals surface area contributed by atoms with Crippen LogP contribution in [0, 0.1) is 0 Å². The van der Waals surface area contributed by atoms with Gasteiger partial charge in [-0.3, -0.25) is 4.79 Å². The van der Waals surface area contributed by atoms with Crippen LogP contribution in [0.1, 0.15) is 38.5 Å². The average Bonchev–Trinajstić information content (AvgIpc) is 2.10. The summed E-state index contributed by atoms with van der Waals surface area (Å²) >= 11 is 3.40. The summed E-state index contributed by atoms with van der Waals surface area (Å²) in [5, 5.41) is 1.10. The van der Waals surface area contributed by atoms with E-state index in [0.717, 1.165) is 11.8 Å². The first-order chi connectivity index (χ1) is 6.18. The third kappa shape index (κ3) is 8.28. The van der Waals surface area contributed by atoms with Crippen molar-refractivity contribution in [1.82, 2.24) is 4.90 Å². The fraction of sp³-hybridized carbons (Fsp3) is 0.900. The van der Waals surface area contributed by atoms with Crippen molar-refractivity contribution in [3.05, 3.63) is 0 Å².